The molecule has 0 rings (SSSR count). The molecule has 17 heavy (non-hydrogen) atoms. The quantitative estimate of drug-likeness (QED) is 0.682. The Morgan fingerprint density at radius 2 is 1.41 bits per heavy atom. The summed E-state index contributed by atoms with van der Waals surface area (Å²) in [4.78, 5) is 41.9. The molecule has 1 atom stereocenters. The van der Waals surface area contributed by atoms with Crippen LogP contribution in [0.4, 0.5) is 0 Å². The van der Waals surface area contributed by atoms with Crippen molar-refractivity contribution in [3.05, 3.63) is 12.7 Å². The van der Waals surface area contributed by atoms with E-state index in [9.17, 15) is 19.2 Å². The van der Waals surface area contributed by atoms with Crippen LogP contribution < -0.4 is 0 Å². The van der Waals surface area contributed by atoms with E-state index in [0.717, 1.165) is 19.9 Å². The molecule has 96 valence electrons. The zero-order chi connectivity index (χ0) is 14.2. The van der Waals surface area contributed by atoms with Crippen molar-refractivity contribution in [2.75, 3.05) is 0 Å². The van der Waals surface area contributed by atoms with Gasteiger partial charge in [0.05, 0.1) is 0 Å². The van der Waals surface area contributed by atoms with Crippen LogP contribution in [0.5, 0.6) is 0 Å². The summed E-state index contributed by atoms with van der Waals surface area (Å²) in [5.74, 6) is -3.29. The molecule has 0 aliphatic rings. The zero-order valence-electron chi connectivity index (χ0n) is 9.84. The molecule has 0 saturated heterocycles. The first-order valence-corrected chi connectivity index (χ1v) is 4.53. The number of amides is 2. The summed E-state index contributed by atoms with van der Waals surface area (Å²) in [6, 6.07) is -1.10. The van der Waals surface area contributed by atoms with E-state index in [4.69, 9.17) is 10.2 Å². The van der Waals surface area contributed by atoms with E-state index >= 15 is 0 Å². The third kappa shape index (κ3) is 7.71. The van der Waals surface area contributed by atoms with Gasteiger partial charge >= 0.3 is 11.9 Å². The van der Waals surface area contributed by atoms with Crippen molar-refractivity contribution in [2.24, 2.45) is 0 Å². The molecule has 0 aromatic rings. The second kappa shape index (κ2) is 8.03. The fraction of sp³-hybridized carbons (Fsp3) is 0.400. The van der Waals surface area contributed by atoms with Crippen LogP contribution in [-0.2, 0) is 19.2 Å². The Morgan fingerprint density at radius 1 is 1.12 bits per heavy atom. The molecule has 7 nitrogen and oxygen atoms in total. The molecule has 0 aromatic carbocycles. The molecule has 0 unspecified atom stereocenters. The van der Waals surface area contributed by atoms with E-state index in [0.29, 0.717) is 4.90 Å². The molecule has 0 heterocycles. The largest absolute Gasteiger partial charge is 0.480 e. The highest BCUT2D eigenvalue weighted by molar-refractivity contribution is 5.97. The maximum atomic E-state index is 10.8. The number of hydrogen-bond donors (Lipinski definition) is 2. The lowest BCUT2D eigenvalue weighted by molar-refractivity contribution is -0.155. The fourth-order valence-electron chi connectivity index (χ4n) is 0.878. The number of hydrogen-bond acceptors (Lipinski definition) is 4. The van der Waals surface area contributed by atoms with Gasteiger partial charge in [0.25, 0.3) is 0 Å². The number of aliphatic carboxylic acids is 2. The molecule has 0 radical (unpaired) electrons. The summed E-state index contributed by atoms with van der Waals surface area (Å²) in [6.07, 6.45) is 0.833. The summed E-state index contributed by atoms with van der Waals surface area (Å²) in [5, 5.41) is 16.1. The van der Waals surface area contributed by atoms with Crippen LogP contribution in [0, 0.1) is 0 Å². The van der Waals surface area contributed by atoms with E-state index in [-0.39, 0.29) is 0 Å². The molecule has 0 bridgehead atoms. The van der Waals surface area contributed by atoms with Crippen molar-refractivity contribution < 1.29 is 29.4 Å². The van der Waals surface area contributed by atoms with Gasteiger partial charge in [-0.05, 0) is 6.92 Å². The molecular formula is C10H15NO6. The Kier molecular flexibility index (Phi) is 8.13. The van der Waals surface area contributed by atoms with Gasteiger partial charge in [0.15, 0.2) is 0 Å². The zero-order valence-corrected chi connectivity index (χ0v) is 9.84. The minimum absolute atomic E-state index is 0.558. The molecule has 7 heteroatoms. The Bertz CT molecular complexity index is 322. The van der Waals surface area contributed by atoms with Crippen molar-refractivity contribution in [1.82, 2.24) is 4.90 Å². The van der Waals surface area contributed by atoms with Crippen LogP contribution >= 0.6 is 0 Å². The minimum Gasteiger partial charge on any atom is -0.480 e. The molecule has 0 aliphatic heterocycles. The third-order valence-electron chi connectivity index (χ3n) is 1.60. The van der Waals surface area contributed by atoms with Crippen LogP contribution in [0.25, 0.3) is 0 Å². The van der Waals surface area contributed by atoms with Gasteiger partial charge in [-0.15, -0.1) is 0 Å². The fourth-order valence-corrected chi connectivity index (χ4v) is 0.878. The maximum Gasteiger partial charge on any atom is 0.327 e. The van der Waals surface area contributed by atoms with Gasteiger partial charge in [0, 0.05) is 19.9 Å². The molecule has 0 aliphatic carbocycles. The second-order valence-corrected chi connectivity index (χ2v) is 2.96. The number of carboxylic acids is 2. The average molecular weight is 245 g/mol. The van der Waals surface area contributed by atoms with Crippen LogP contribution in [0.3, 0.4) is 0 Å². The van der Waals surface area contributed by atoms with Gasteiger partial charge in [-0.2, -0.15) is 0 Å². The number of nitrogens with zero attached hydrogens (tertiary/aromatic N) is 1. The lowest BCUT2D eigenvalue weighted by atomic mass is 10.3. The minimum atomic E-state index is -1.19. The van der Waals surface area contributed by atoms with Gasteiger partial charge in [0.2, 0.25) is 11.8 Å². The monoisotopic (exact) mass is 245 g/mol. The number of carboxylic acid groups (broad SMARTS) is 2. The van der Waals surface area contributed by atoms with Crippen LogP contribution in [-0.4, -0.2) is 44.9 Å². The highest BCUT2D eigenvalue weighted by Gasteiger charge is 2.25. The number of carbonyl (C=O) groups is 4. The van der Waals surface area contributed by atoms with Crippen molar-refractivity contribution in [2.45, 2.75) is 26.8 Å². The van der Waals surface area contributed by atoms with Crippen molar-refractivity contribution in [3.8, 4) is 0 Å². The van der Waals surface area contributed by atoms with E-state index in [1.54, 1.807) is 0 Å². The standard InChI is InChI=1S/C7H11NO4.C3H4O2/c1-4(7(11)12)8(5(2)9)6(3)10;1-2-3(4)5/h4H,1-3H3,(H,11,12);2H,1H2,(H,4,5)/t4-;/m0./s1. The van der Waals surface area contributed by atoms with Crippen molar-refractivity contribution in [3.63, 3.8) is 0 Å². The van der Waals surface area contributed by atoms with Crippen LogP contribution in [0.1, 0.15) is 20.8 Å². The lowest BCUT2D eigenvalue weighted by Crippen LogP contribution is -2.44. The average Bonchev–Trinajstić information content (AvgIpc) is 2.17. The topological polar surface area (TPSA) is 112 Å². The molecule has 2 amide bonds. The summed E-state index contributed by atoms with van der Waals surface area (Å²) in [7, 11) is 0. The van der Waals surface area contributed by atoms with Crippen LogP contribution in [0.2, 0.25) is 0 Å². The number of carbonyl (C=O) groups excluding carboxylic acids is 2. The number of rotatable bonds is 3. The first-order valence-electron chi connectivity index (χ1n) is 4.53. The SMILES string of the molecule is C=CC(=O)O.CC(=O)N(C(C)=O)[C@@H](C)C(=O)O. The number of imide groups is 1. The van der Waals surface area contributed by atoms with Gasteiger partial charge in [-0.25, -0.2) is 9.59 Å². The second-order valence-electron chi connectivity index (χ2n) is 2.96. The molecule has 2 N–H and O–H groups in total. The van der Waals surface area contributed by atoms with Gasteiger partial charge in [-0.1, -0.05) is 6.58 Å². The molecule has 0 aromatic heterocycles. The van der Waals surface area contributed by atoms with Crippen molar-refractivity contribution in [1.29, 1.82) is 0 Å². The predicted molar refractivity (Wildman–Crippen MR) is 58.1 cm³/mol. The lowest BCUT2D eigenvalue weighted by Gasteiger charge is -2.20. The van der Waals surface area contributed by atoms with Gasteiger partial charge < -0.3 is 10.2 Å². The Balaban J connectivity index is 0. The van der Waals surface area contributed by atoms with Crippen LogP contribution in [0.15, 0.2) is 12.7 Å². The maximum absolute atomic E-state index is 10.8. The predicted octanol–water partition coefficient (Wildman–Crippen LogP) is 0.111. The Morgan fingerprint density at radius 3 is 1.47 bits per heavy atom. The summed E-state index contributed by atoms with van der Waals surface area (Å²) < 4.78 is 0. The normalized spacial score (nSPS) is 10.3. The van der Waals surface area contributed by atoms with E-state index in [1.165, 1.54) is 6.92 Å². The van der Waals surface area contributed by atoms with E-state index in [2.05, 4.69) is 6.58 Å². The smallest absolute Gasteiger partial charge is 0.327 e. The summed E-state index contributed by atoms with van der Waals surface area (Å²) in [5.41, 5.74) is 0. The van der Waals surface area contributed by atoms with E-state index in [1.807, 2.05) is 0 Å². The molecule has 0 saturated carbocycles. The van der Waals surface area contributed by atoms with Crippen molar-refractivity contribution >= 4 is 23.8 Å². The highest BCUT2D eigenvalue weighted by Crippen LogP contribution is 2.00. The Labute approximate surface area is 98.3 Å². The molecule has 0 fully saturated rings. The summed E-state index contributed by atoms with van der Waals surface area (Å²) in [6.45, 7) is 6.55. The Hall–Kier alpha value is -2.18. The third-order valence-corrected chi connectivity index (χ3v) is 1.60. The molecular weight excluding hydrogens is 230 g/mol. The van der Waals surface area contributed by atoms with E-state index < -0.39 is 29.8 Å². The highest BCUT2D eigenvalue weighted by atomic mass is 16.4. The first kappa shape index (κ1) is 17.2. The first-order chi connectivity index (χ1) is 7.64. The van der Waals surface area contributed by atoms with Gasteiger partial charge in [0.1, 0.15) is 6.04 Å². The summed E-state index contributed by atoms with van der Waals surface area (Å²) >= 11 is 0. The van der Waals surface area contributed by atoms with Gasteiger partial charge in [-0.3, -0.25) is 14.5 Å². The molecule has 0 spiro atoms.